The van der Waals surface area contributed by atoms with Crippen molar-refractivity contribution in [3.05, 3.63) is 0 Å². The van der Waals surface area contributed by atoms with E-state index < -0.39 is 42.6 Å². The van der Waals surface area contributed by atoms with Gasteiger partial charge >= 0.3 is 18.2 Å². The van der Waals surface area contributed by atoms with Crippen LogP contribution in [0.1, 0.15) is 19.8 Å². The minimum absolute atomic E-state index is 0.279. The van der Waals surface area contributed by atoms with Gasteiger partial charge < -0.3 is 15.3 Å². The highest BCUT2D eigenvalue weighted by atomic mass is 19.4. The van der Waals surface area contributed by atoms with Crippen LogP contribution < -0.4 is 5.32 Å². The Labute approximate surface area is 114 Å². The molecule has 0 aromatic rings. The summed E-state index contributed by atoms with van der Waals surface area (Å²) in [6, 6.07) is -1.37. The number of rotatable bonds is 3. The van der Waals surface area contributed by atoms with Gasteiger partial charge in [-0.3, -0.25) is 4.79 Å². The fourth-order valence-corrected chi connectivity index (χ4v) is 2.01. The van der Waals surface area contributed by atoms with Gasteiger partial charge in [-0.1, -0.05) is 12.8 Å². The van der Waals surface area contributed by atoms with Crippen molar-refractivity contribution in [1.29, 1.82) is 0 Å². The normalized spacial score (nSPS) is 24.1. The number of carboxylic acids is 1. The molecular weight excluding hydrogens is 277 g/mol. The van der Waals surface area contributed by atoms with Crippen molar-refractivity contribution in [2.45, 2.75) is 32.0 Å². The summed E-state index contributed by atoms with van der Waals surface area (Å²) in [4.78, 5) is 23.6. The molecule has 2 N–H and O–H groups in total. The molecule has 2 atom stereocenters. The molecule has 1 fully saturated rings. The number of alkyl halides is 3. The van der Waals surface area contributed by atoms with Crippen LogP contribution in [0.15, 0.2) is 0 Å². The van der Waals surface area contributed by atoms with E-state index in [1.165, 1.54) is 0 Å². The van der Waals surface area contributed by atoms with E-state index in [0.29, 0.717) is 6.42 Å². The van der Waals surface area contributed by atoms with E-state index in [0.717, 1.165) is 4.90 Å². The number of urea groups is 1. The number of amides is 2. The van der Waals surface area contributed by atoms with Crippen LogP contribution in [-0.2, 0) is 4.79 Å². The minimum atomic E-state index is -4.91. The molecule has 5 nitrogen and oxygen atoms in total. The van der Waals surface area contributed by atoms with Crippen molar-refractivity contribution in [2.75, 3.05) is 13.1 Å². The molecule has 2 unspecified atom stereocenters. The third-order valence-electron chi connectivity index (χ3n) is 3.42. The number of terminal acetylenes is 1. The van der Waals surface area contributed by atoms with Crippen LogP contribution in [-0.4, -0.2) is 47.3 Å². The molecule has 0 aliphatic carbocycles. The molecule has 1 aliphatic rings. The summed E-state index contributed by atoms with van der Waals surface area (Å²) in [5.74, 6) is 0.314. The molecule has 1 heterocycles. The largest absolute Gasteiger partial charge is 0.481 e. The van der Waals surface area contributed by atoms with E-state index in [1.807, 2.05) is 0 Å². The number of likely N-dealkylation sites (tertiary alicyclic amines) is 1. The Morgan fingerprint density at radius 3 is 2.50 bits per heavy atom. The minimum Gasteiger partial charge on any atom is -0.481 e. The molecule has 0 bridgehead atoms. The molecule has 0 saturated carbocycles. The Balaban J connectivity index is 2.83. The van der Waals surface area contributed by atoms with Gasteiger partial charge in [0, 0.05) is 13.1 Å². The molecule has 2 amide bonds. The van der Waals surface area contributed by atoms with Gasteiger partial charge in [-0.15, -0.1) is 6.42 Å². The van der Waals surface area contributed by atoms with Gasteiger partial charge in [0.1, 0.15) is 0 Å². The molecule has 1 saturated heterocycles. The lowest BCUT2D eigenvalue weighted by atomic mass is 9.86. The number of carboxylic acid groups (broad SMARTS) is 1. The van der Waals surface area contributed by atoms with Crippen LogP contribution in [0, 0.1) is 17.8 Å². The molecule has 0 spiro atoms. The van der Waals surface area contributed by atoms with Crippen molar-refractivity contribution in [1.82, 2.24) is 10.2 Å². The first-order chi connectivity index (χ1) is 9.17. The summed E-state index contributed by atoms with van der Waals surface area (Å²) in [5, 5.41) is 11.2. The molecule has 0 aromatic heterocycles. The van der Waals surface area contributed by atoms with Gasteiger partial charge in [0.25, 0.3) is 0 Å². The Morgan fingerprint density at radius 2 is 2.15 bits per heavy atom. The Hall–Kier alpha value is -1.91. The summed E-state index contributed by atoms with van der Waals surface area (Å²) < 4.78 is 38.8. The van der Waals surface area contributed by atoms with Gasteiger partial charge in [0.05, 0.1) is 6.04 Å². The van der Waals surface area contributed by atoms with Crippen molar-refractivity contribution >= 4 is 12.0 Å². The first-order valence-electron chi connectivity index (χ1n) is 5.99. The number of hydrogen-bond acceptors (Lipinski definition) is 2. The van der Waals surface area contributed by atoms with Crippen LogP contribution in [0.25, 0.3) is 0 Å². The average molecular weight is 292 g/mol. The van der Waals surface area contributed by atoms with Crippen molar-refractivity contribution in [3.63, 3.8) is 0 Å². The van der Waals surface area contributed by atoms with Crippen LogP contribution >= 0.6 is 0 Å². The van der Waals surface area contributed by atoms with Gasteiger partial charge in [-0.2, -0.15) is 13.2 Å². The van der Waals surface area contributed by atoms with Crippen molar-refractivity contribution in [2.24, 2.45) is 5.41 Å². The second-order valence-electron chi connectivity index (χ2n) is 4.63. The quantitative estimate of drug-likeness (QED) is 0.773. The van der Waals surface area contributed by atoms with Crippen LogP contribution in [0.5, 0.6) is 0 Å². The van der Waals surface area contributed by atoms with E-state index >= 15 is 0 Å². The lowest BCUT2D eigenvalue weighted by molar-refractivity contribution is -0.226. The number of aliphatic carboxylic acids is 1. The second kappa shape index (κ2) is 5.61. The fraction of sp³-hybridized carbons (Fsp3) is 0.667. The van der Waals surface area contributed by atoms with E-state index in [4.69, 9.17) is 11.5 Å². The van der Waals surface area contributed by atoms with Crippen molar-refractivity contribution < 1.29 is 27.9 Å². The highest BCUT2D eigenvalue weighted by Crippen LogP contribution is 2.45. The maximum absolute atomic E-state index is 12.9. The summed E-state index contributed by atoms with van der Waals surface area (Å²) in [5.41, 5.74) is -2.90. The summed E-state index contributed by atoms with van der Waals surface area (Å²) >= 11 is 0. The third-order valence-corrected chi connectivity index (χ3v) is 3.42. The van der Waals surface area contributed by atoms with E-state index in [1.54, 1.807) is 6.92 Å². The van der Waals surface area contributed by atoms with Crippen molar-refractivity contribution in [3.8, 4) is 12.3 Å². The predicted molar refractivity (Wildman–Crippen MR) is 63.8 cm³/mol. The van der Waals surface area contributed by atoms with Gasteiger partial charge in [-0.25, -0.2) is 4.79 Å². The SMILES string of the molecule is C#CC(CC)NC(=O)N1CCC(C(=O)O)(C(F)(F)F)C1. The zero-order valence-electron chi connectivity index (χ0n) is 10.8. The van der Waals surface area contributed by atoms with E-state index in [9.17, 15) is 22.8 Å². The Bertz CT molecular complexity index is 444. The zero-order chi connectivity index (χ0) is 15.6. The first kappa shape index (κ1) is 16.1. The number of carbonyl (C=O) groups is 2. The third kappa shape index (κ3) is 2.81. The molecular formula is C12H15F3N2O3. The topological polar surface area (TPSA) is 69.6 Å². The van der Waals surface area contributed by atoms with Crippen LogP contribution in [0.4, 0.5) is 18.0 Å². The molecule has 112 valence electrons. The molecule has 8 heteroatoms. The highest BCUT2D eigenvalue weighted by Gasteiger charge is 2.64. The van der Waals surface area contributed by atoms with Gasteiger partial charge in [0.15, 0.2) is 5.41 Å². The lowest BCUT2D eigenvalue weighted by Crippen LogP contribution is -2.50. The number of nitrogens with one attached hydrogen (secondary N) is 1. The first-order valence-corrected chi connectivity index (χ1v) is 5.99. The smallest absolute Gasteiger partial charge is 0.406 e. The Morgan fingerprint density at radius 1 is 1.55 bits per heavy atom. The van der Waals surface area contributed by atoms with E-state index in [-0.39, 0.29) is 6.54 Å². The second-order valence-corrected chi connectivity index (χ2v) is 4.63. The molecule has 0 radical (unpaired) electrons. The Kier molecular flexibility index (Phi) is 4.53. The summed E-state index contributed by atoms with van der Waals surface area (Å²) in [6.07, 6.45) is 0.000488. The highest BCUT2D eigenvalue weighted by molar-refractivity contribution is 5.80. The van der Waals surface area contributed by atoms with Gasteiger partial charge in [0.2, 0.25) is 0 Å². The molecule has 20 heavy (non-hydrogen) atoms. The van der Waals surface area contributed by atoms with Crippen LogP contribution in [0.2, 0.25) is 0 Å². The number of hydrogen-bond donors (Lipinski definition) is 2. The summed E-state index contributed by atoms with van der Waals surface area (Å²) in [7, 11) is 0. The van der Waals surface area contributed by atoms with Crippen LogP contribution in [0.3, 0.4) is 0 Å². The standard InChI is InChI=1S/C12H15F3N2O3/c1-3-8(4-2)16-10(20)17-6-5-11(7-17,9(18)19)12(13,14)15/h1,8H,4-7H2,2H3,(H,16,20)(H,18,19). The average Bonchev–Trinajstić information content (AvgIpc) is 2.81. The van der Waals surface area contributed by atoms with E-state index in [2.05, 4.69) is 11.2 Å². The molecule has 1 rings (SSSR count). The number of nitrogens with zero attached hydrogens (tertiary/aromatic N) is 1. The number of carbonyl (C=O) groups excluding carboxylic acids is 1. The fourth-order valence-electron chi connectivity index (χ4n) is 2.01. The maximum Gasteiger partial charge on any atom is 0.406 e. The molecule has 0 aromatic carbocycles. The lowest BCUT2D eigenvalue weighted by Gasteiger charge is -2.27. The molecule has 1 aliphatic heterocycles. The summed E-state index contributed by atoms with van der Waals surface area (Å²) in [6.45, 7) is 0.531. The zero-order valence-corrected chi connectivity index (χ0v) is 10.8. The number of halogens is 3. The van der Waals surface area contributed by atoms with Gasteiger partial charge in [-0.05, 0) is 12.8 Å². The monoisotopic (exact) mass is 292 g/mol. The predicted octanol–water partition coefficient (Wildman–Crippen LogP) is 1.45. The maximum atomic E-state index is 12.9.